The van der Waals surface area contributed by atoms with Gasteiger partial charge in [-0.2, -0.15) is 0 Å². The zero-order valence-electron chi connectivity index (χ0n) is 17.3. The van der Waals surface area contributed by atoms with Gasteiger partial charge in [0.05, 0.1) is 12.2 Å². The Morgan fingerprint density at radius 2 is 2.03 bits per heavy atom. The van der Waals surface area contributed by atoms with E-state index in [4.69, 9.17) is 9.26 Å². The van der Waals surface area contributed by atoms with Gasteiger partial charge in [-0.05, 0) is 29.8 Å². The number of nitrogens with one attached hydrogen (secondary N) is 1. The van der Waals surface area contributed by atoms with Gasteiger partial charge in [-0.15, -0.1) is 0 Å². The van der Waals surface area contributed by atoms with Gasteiger partial charge in [0.15, 0.2) is 17.4 Å². The molecule has 0 radical (unpaired) electrons. The van der Waals surface area contributed by atoms with E-state index in [9.17, 15) is 9.59 Å². The summed E-state index contributed by atoms with van der Waals surface area (Å²) in [7, 11) is 0. The maximum Gasteiger partial charge on any atom is 0.279 e. The second-order valence-corrected chi connectivity index (χ2v) is 8.61. The van der Waals surface area contributed by atoms with Gasteiger partial charge in [-0.1, -0.05) is 46.8 Å². The van der Waals surface area contributed by atoms with Crippen molar-refractivity contribution in [2.45, 2.75) is 19.9 Å². The molecule has 0 fully saturated rings. The molecular formula is C23H20N4O4S. The summed E-state index contributed by atoms with van der Waals surface area (Å²) in [5.74, 6) is 0.778. The van der Waals surface area contributed by atoms with Crippen LogP contribution in [0.5, 0.6) is 5.75 Å². The van der Waals surface area contributed by atoms with Crippen LogP contribution in [0.3, 0.4) is 0 Å². The molecule has 0 bridgehead atoms. The van der Waals surface area contributed by atoms with E-state index in [-0.39, 0.29) is 24.1 Å². The van der Waals surface area contributed by atoms with Crippen LogP contribution in [-0.2, 0) is 17.8 Å². The highest BCUT2D eigenvalue weighted by Crippen LogP contribution is 2.29. The first kappa shape index (κ1) is 20.2. The number of anilines is 1. The number of carbonyl (C=O) groups excluding carboxylic acids is 2. The predicted octanol–water partition coefficient (Wildman–Crippen LogP) is 3.81. The summed E-state index contributed by atoms with van der Waals surface area (Å²) in [6.45, 7) is 2.71. The Morgan fingerprint density at radius 1 is 1.19 bits per heavy atom. The van der Waals surface area contributed by atoms with E-state index >= 15 is 0 Å². The first-order chi connectivity index (χ1) is 15.5. The van der Waals surface area contributed by atoms with Crippen LogP contribution in [0.25, 0.3) is 10.8 Å². The van der Waals surface area contributed by atoms with Crippen molar-refractivity contribution in [1.29, 1.82) is 0 Å². The molecule has 0 spiro atoms. The Bertz CT molecular complexity index is 1310. The largest absolute Gasteiger partial charge is 0.484 e. The monoisotopic (exact) mass is 448 g/mol. The van der Waals surface area contributed by atoms with E-state index in [1.165, 1.54) is 11.3 Å². The zero-order chi connectivity index (χ0) is 22.1. The molecule has 8 nitrogen and oxygen atoms in total. The van der Waals surface area contributed by atoms with Crippen LogP contribution in [0, 0.1) is 6.92 Å². The quantitative estimate of drug-likeness (QED) is 0.499. The third-order valence-corrected chi connectivity index (χ3v) is 6.25. The minimum Gasteiger partial charge on any atom is -0.484 e. The molecule has 162 valence electrons. The minimum absolute atomic E-state index is 0.0262. The fourth-order valence-corrected chi connectivity index (χ4v) is 4.61. The normalized spacial score (nSPS) is 13.1. The minimum atomic E-state index is -0.371. The smallest absolute Gasteiger partial charge is 0.279 e. The summed E-state index contributed by atoms with van der Waals surface area (Å²) < 4.78 is 10.7. The fraction of sp³-hybridized carbons (Fsp3) is 0.217. The molecule has 9 heteroatoms. The number of hydrogen-bond acceptors (Lipinski definition) is 7. The third-order valence-electron chi connectivity index (χ3n) is 5.25. The highest BCUT2D eigenvalue weighted by molar-refractivity contribution is 7.15. The van der Waals surface area contributed by atoms with Gasteiger partial charge < -0.3 is 14.2 Å². The van der Waals surface area contributed by atoms with Crippen molar-refractivity contribution in [2.75, 3.05) is 18.5 Å². The van der Waals surface area contributed by atoms with E-state index in [1.54, 1.807) is 17.9 Å². The SMILES string of the molecule is Cc1cc(C(=O)Nc2nc3c(s2)CN(C(=O)COc2ccc4ccccc4c2)CC3)no1. The van der Waals surface area contributed by atoms with Gasteiger partial charge >= 0.3 is 0 Å². The molecule has 1 N–H and O–H groups in total. The number of hydrogen-bond donors (Lipinski definition) is 1. The summed E-state index contributed by atoms with van der Waals surface area (Å²) in [5.41, 5.74) is 1.11. The fourth-order valence-electron chi connectivity index (χ4n) is 3.59. The molecule has 2 aromatic carbocycles. The molecule has 0 aliphatic carbocycles. The van der Waals surface area contributed by atoms with Gasteiger partial charge in [0, 0.05) is 23.9 Å². The van der Waals surface area contributed by atoms with Crippen LogP contribution in [0.2, 0.25) is 0 Å². The molecule has 0 saturated heterocycles. The summed E-state index contributed by atoms with van der Waals surface area (Å²) >= 11 is 1.37. The highest BCUT2D eigenvalue weighted by Gasteiger charge is 2.25. The lowest BCUT2D eigenvalue weighted by atomic mass is 10.1. The van der Waals surface area contributed by atoms with E-state index in [0.717, 1.165) is 21.3 Å². The number of amides is 2. The molecule has 1 aliphatic rings. The zero-order valence-corrected chi connectivity index (χ0v) is 18.1. The summed E-state index contributed by atoms with van der Waals surface area (Å²) in [5, 5.41) is 9.15. The number of nitrogens with zero attached hydrogens (tertiary/aromatic N) is 3. The summed E-state index contributed by atoms with van der Waals surface area (Å²) in [6.07, 6.45) is 0.631. The van der Waals surface area contributed by atoms with Gasteiger partial charge in [0.25, 0.3) is 11.8 Å². The predicted molar refractivity (Wildman–Crippen MR) is 120 cm³/mol. The van der Waals surface area contributed by atoms with Crippen LogP contribution in [0.1, 0.15) is 26.8 Å². The third kappa shape index (κ3) is 4.19. The van der Waals surface area contributed by atoms with Crippen LogP contribution in [-0.4, -0.2) is 40.0 Å². The molecule has 4 aromatic rings. The van der Waals surface area contributed by atoms with Crippen LogP contribution >= 0.6 is 11.3 Å². The lowest BCUT2D eigenvalue weighted by Crippen LogP contribution is -2.38. The van der Waals surface area contributed by atoms with Crippen molar-refractivity contribution in [3.8, 4) is 5.75 Å². The van der Waals surface area contributed by atoms with Crippen molar-refractivity contribution in [2.24, 2.45) is 0 Å². The van der Waals surface area contributed by atoms with Crippen LogP contribution in [0.15, 0.2) is 53.1 Å². The van der Waals surface area contributed by atoms with Gasteiger partial charge in [0.2, 0.25) is 0 Å². The number of carbonyl (C=O) groups is 2. The van der Waals surface area contributed by atoms with Gasteiger partial charge in [0.1, 0.15) is 11.5 Å². The van der Waals surface area contributed by atoms with Crippen molar-refractivity contribution >= 4 is 39.1 Å². The Labute approximate surface area is 187 Å². The van der Waals surface area contributed by atoms with E-state index in [2.05, 4.69) is 15.5 Å². The topological polar surface area (TPSA) is 97.6 Å². The number of benzene rings is 2. The molecule has 5 rings (SSSR count). The molecule has 0 atom stereocenters. The van der Waals surface area contributed by atoms with Crippen LogP contribution in [0.4, 0.5) is 5.13 Å². The number of fused-ring (bicyclic) bond motifs is 2. The Balaban J connectivity index is 1.20. The second kappa shape index (κ2) is 8.43. The first-order valence-electron chi connectivity index (χ1n) is 10.2. The molecular weight excluding hydrogens is 428 g/mol. The molecule has 32 heavy (non-hydrogen) atoms. The first-order valence-corrected chi connectivity index (χ1v) is 11.0. The molecule has 2 amide bonds. The molecule has 3 heterocycles. The van der Waals surface area contributed by atoms with E-state index in [1.807, 2.05) is 42.5 Å². The number of aryl methyl sites for hydroxylation is 1. The molecule has 2 aromatic heterocycles. The van der Waals surface area contributed by atoms with Gasteiger partial charge in [-0.3, -0.25) is 14.9 Å². The standard InChI is InChI=1S/C23H20N4O4S/c1-14-10-19(26-31-14)22(29)25-23-24-18-8-9-27(12-20(18)32-23)21(28)13-30-17-7-6-15-4-2-3-5-16(15)11-17/h2-7,10-11H,8-9,12-13H2,1H3,(H,24,25,29). The highest BCUT2D eigenvalue weighted by atomic mass is 32.1. The van der Waals surface area contributed by atoms with Crippen molar-refractivity contribution < 1.29 is 18.8 Å². The lowest BCUT2D eigenvalue weighted by Gasteiger charge is -2.26. The number of thiazole rings is 1. The summed E-state index contributed by atoms with van der Waals surface area (Å²) in [6, 6.07) is 15.4. The Morgan fingerprint density at radius 3 is 2.84 bits per heavy atom. The Hall–Kier alpha value is -3.72. The molecule has 0 unspecified atom stereocenters. The van der Waals surface area contributed by atoms with Crippen LogP contribution < -0.4 is 10.1 Å². The van der Waals surface area contributed by atoms with E-state index < -0.39 is 0 Å². The van der Waals surface area contributed by atoms with Crippen molar-refractivity contribution in [1.82, 2.24) is 15.0 Å². The molecule has 1 aliphatic heterocycles. The maximum absolute atomic E-state index is 12.7. The molecule has 0 saturated carbocycles. The van der Waals surface area contributed by atoms with E-state index in [0.29, 0.717) is 36.2 Å². The van der Waals surface area contributed by atoms with Gasteiger partial charge in [-0.25, -0.2) is 4.98 Å². The average molecular weight is 449 g/mol. The average Bonchev–Trinajstić information content (AvgIpc) is 3.42. The number of ether oxygens (including phenoxy) is 1. The summed E-state index contributed by atoms with van der Waals surface area (Å²) in [4.78, 5) is 32.2. The maximum atomic E-state index is 12.7. The van der Waals surface area contributed by atoms with Crippen molar-refractivity contribution in [3.63, 3.8) is 0 Å². The Kier molecular flexibility index (Phi) is 5.32. The lowest BCUT2D eigenvalue weighted by molar-refractivity contribution is -0.134. The number of rotatable bonds is 5. The second-order valence-electron chi connectivity index (χ2n) is 7.53. The number of aromatic nitrogens is 2. The van der Waals surface area contributed by atoms with Crippen molar-refractivity contribution in [3.05, 3.63) is 70.6 Å².